The molecule has 2 aliphatic rings. The van der Waals surface area contributed by atoms with Crippen LogP contribution in [0.25, 0.3) is 0 Å². The molecule has 47 heavy (non-hydrogen) atoms. The van der Waals surface area contributed by atoms with Gasteiger partial charge in [0.1, 0.15) is 6.10 Å². The van der Waals surface area contributed by atoms with Crippen LogP contribution in [0.1, 0.15) is 117 Å². The number of carbonyl (C=O) groups excluding carboxylic acids is 1. The Balaban J connectivity index is 1.49. The third kappa shape index (κ3) is 14.3. The minimum atomic E-state index is -3.12. The smallest absolute Gasteiger partial charge is 0.469 e. The number of benzene rings is 1. The van der Waals surface area contributed by atoms with Gasteiger partial charge in [0.15, 0.2) is 0 Å². The Kier molecular flexibility index (Phi) is 18.0. The van der Waals surface area contributed by atoms with Crippen LogP contribution in [0, 0.1) is 11.8 Å². The minimum Gasteiger partial charge on any atom is -0.469 e. The van der Waals surface area contributed by atoms with Crippen molar-refractivity contribution in [1.82, 2.24) is 0 Å². The monoisotopic (exact) mass is 728 g/mol. The van der Waals surface area contributed by atoms with E-state index in [4.69, 9.17) is 14.2 Å². The molecule has 1 aliphatic carbocycles. The molecule has 0 aromatic heterocycles. The van der Waals surface area contributed by atoms with Crippen LogP contribution in [0.5, 0.6) is 0 Å². The van der Waals surface area contributed by atoms with Gasteiger partial charge in [-0.3, -0.25) is 0 Å². The standard InChI is InChI=1S/C38H58F2O6Se/c1-4-5-6-16-25-38(39,40)35(42)24-23-31-30(32(41)27-33(31)46-36-22-15-17-26-44-36)20-13-8-7-9-14-21-34(37(43)45-28(2)3)47-29-18-11-10-12-19-29/h10-12,15,17-19,22,26,28,30-36,41-42H,4-9,13-14,16,20-21,23-25,27H2,1-3H3/t30-,31?,32+,33-,34?,35?,36-/m1/s1. The Bertz CT molecular complexity index is 1070. The van der Waals surface area contributed by atoms with Gasteiger partial charge in [-0.05, 0) is 18.6 Å². The van der Waals surface area contributed by atoms with Gasteiger partial charge in [0, 0.05) is 6.42 Å². The summed E-state index contributed by atoms with van der Waals surface area (Å²) in [5, 5.41) is 21.6. The molecule has 1 aromatic carbocycles. The van der Waals surface area contributed by atoms with Gasteiger partial charge in [0.2, 0.25) is 6.29 Å². The molecule has 2 N–H and O–H groups in total. The van der Waals surface area contributed by atoms with Gasteiger partial charge < -0.3 is 9.84 Å². The van der Waals surface area contributed by atoms with Gasteiger partial charge >= 0.3 is 188 Å². The zero-order valence-corrected chi connectivity index (χ0v) is 30.3. The molecule has 1 heterocycles. The first-order valence-electron chi connectivity index (χ1n) is 17.9. The Labute approximate surface area is 287 Å². The fraction of sp³-hybridized carbons (Fsp3) is 0.711. The molecule has 1 fully saturated rings. The van der Waals surface area contributed by atoms with Crippen molar-refractivity contribution in [3.63, 3.8) is 0 Å². The van der Waals surface area contributed by atoms with Crippen LogP contribution in [-0.2, 0) is 19.0 Å². The summed E-state index contributed by atoms with van der Waals surface area (Å²) in [6, 6.07) is 10.2. The number of rotatable bonds is 23. The van der Waals surface area contributed by atoms with Crippen LogP contribution in [0.2, 0.25) is 4.82 Å². The Morgan fingerprint density at radius 3 is 2.40 bits per heavy atom. The molecule has 0 saturated heterocycles. The molecule has 7 atom stereocenters. The summed E-state index contributed by atoms with van der Waals surface area (Å²) in [7, 11) is 0. The quantitative estimate of drug-likeness (QED) is 0.0675. The topological polar surface area (TPSA) is 85.2 Å². The molecule has 9 heteroatoms. The third-order valence-electron chi connectivity index (χ3n) is 9.24. The molecule has 0 spiro atoms. The Morgan fingerprint density at radius 1 is 0.979 bits per heavy atom. The van der Waals surface area contributed by atoms with Crippen LogP contribution in [-0.4, -0.2) is 67.8 Å². The number of aliphatic hydroxyl groups is 2. The zero-order chi connectivity index (χ0) is 34.1. The molecule has 266 valence electrons. The van der Waals surface area contributed by atoms with Crippen molar-refractivity contribution in [2.75, 3.05) is 0 Å². The number of carbonyl (C=O) groups is 1. The van der Waals surface area contributed by atoms with E-state index < -0.39 is 24.4 Å². The zero-order valence-electron chi connectivity index (χ0n) is 28.6. The molecule has 1 saturated carbocycles. The summed E-state index contributed by atoms with van der Waals surface area (Å²) in [6.07, 6.45) is 13.6. The van der Waals surface area contributed by atoms with E-state index >= 15 is 0 Å². The number of halogens is 2. The number of aliphatic hydroxyl groups excluding tert-OH is 2. The van der Waals surface area contributed by atoms with Crippen LogP contribution >= 0.6 is 0 Å². The molecule has 0 amide bonds. The number of ether oxygens (including phenoxy) is 3. The van der Waals surface area contributed by atoms with Crippen molar-refractivity contribution in [1.29, 1.82) is 0 Å². The molecule has 3 unspecified atom stereocenters. The molecular weight excluding hydrogens is 669 g/mol. The summed E-state index contributed by atoms with van der Waals surface area (Å²) in [5.74, 6) is -3.46. The Morgan fingerprint density at radius 2 is 1.70 bits per heavy atom. The number of allylic oxidation sites excluding steroid dienone is 2. The van der Waals surface area contributed by atoms with E-state index in [-0.39, 0.29) is 62.6 Å². The summed E-state index contributed by atoms with van der Waals surface area (Å²) < 4.78 is 48.1. The van der Waals surface area contributed by atoms with Gasteiger partial charge in [0.05, 0.1) is 6.26 Å². The molecule has 1 aliphatic heterocycles. The van der Waals surface area contributed by atoms with Gasteiger partial charge in [0.25, 0.3) is 5.92 Å². The van der Waals surface area contributed by atoms with E-state index in [0.717, 1.165) is 64.2 Å². The van der Waals surface area contributed by atoms with Gasteiger partial charge in [-0.2, -0.15) is 0 Å². The van der Waals surface area contributed by atoms with Crippen molar-refractivity contribution in [3.05, 3.63) is 54.8 Å². The van der Waals surface area contributed by atoms with Crippen molar-refractivity contribution < 1.29 is 38.0 Å². The second-order valence-corrected chi connectivity index (χ2v) is 16.1. The fourth-order valence-corrected chi connectivity index (χ4v) is 8.95. The summed E-state index contributed by atoms with van der Waals surface area (Å²) in [6.45, 7) is 5.81. The van der Waals surface area contributed by atoms with Gasteiger partial charge in [-0.1, -0.05) is 32.3 Å². The predicted molar refractivity (Wildman–Crippen MR) is 184 cm³/mol. The first kappa shape index (κ1) is 39.7. The van der Waals surface area contributed by atoms with E-state index in [9.17, 15) is 23.8 Å². The van der Waals surface area contributed by atoms with E-state index in [2.05, 4.69) is 12.1 Å². The van der Waals surface area contributed by atoms with E-state index in [1.807, 2.05) is 45.0 Å². The minimum absolute atomic E-state index is 0.0147. The van der Waals surface area contributed by atoms with Crippen molar-refractivity contribution in [3.8, 4) is 0 Å². The van der Waals surface area contributed by atoms with Crippen molar-refractivity contribution in [2.45, 2.75) is 159 Å². The molecule has 3 rings (SSSR count). The van der Waals surface area contributed by atoms with E-state index in [1.54, 1.807) is 18.4 Å². The number of hydrogen-bond donors (Lipinski definition) is 2. The fourth-order valence-electron chi connectivity index (χ4n) is 6.68. The Hall–Kier alpha value is -1.77. The first-order chi connectivity index (χ1) is 22.6. The average molecular weight is 728 g/mol. The van der Waals surface area contributed by atoms with Gasteiger partial charge in [-0.25, -0.2) is 8.78 Å². The normalized spacial score (nSPS) is 24.0. The number of alkyl halides is 2. The summed E-state index contributed by atoms with van der Waals surface area (Å²) in [5.41, 5.74) is 0. The van der Waals surface area contributed by atoms with Crippen molar-refractivity contribution >= 4 is 25.4 Å². The maximum atomic E-state index is 14.8. The second-order valence-electron chi connectivity index (χ2n) is 13.4. The van der Waals surface area contributed by atoms with Crippen LogP contribution in [0.4, 0.5) is 8.78 Å². The summed E-state index contributed by atoms with van der Waals surface area (Å²) >= 11 is 0.0147. The predicted octanol–water partition coefficient (Wildman–Crippen LogP) is 8.04. The van der Waals surface area contributed by atoms with E-state index in [0.29, 0.717) is 19.3 Å². The first-order valence-corrected chi connectivity index (χ1v) is 19.8. The number of esters is 1. The average Bonchev–Trinajstić information content (AvgIpc) is 3.34. The van der Waals surface area contributed by atoms with Crippen LogP contribution < -0.4 is 4.46 Å². The van der Waals surface area contributed by atoms with Crippen LogP contribution in [0.3, 0.4) is 0 Å². The molecule has 0 radical (unpaired) electrons. The molecule has 0 bridgehead atoms. The molecule has 1 aromatic rings. The maximum absolute atomic E-state index is 14.8. The number of hydrogen-bond acceptors (Lipinski definition) is 6. The summed E-state index contributed by atoms with van der Waals surface area (Å²) in [4.78, 5) is 12.7. The SMILES string of the molecule is CCCCCCC(F)(F)C(O)CCC1[C@@H](CCCCCCCC([Se]c2ccccc2)C(=O)OC(C)C)[C@@H](O)C[C@H]1O[C@@H]1C=CC=CO1. The van der Waals surface area contributed by atoms with E-state index in [1.165, 1.54) is 4.46 Å². The van der Waals surface area contributed by atoms with Gasteiger partial charge in [-0.15, -0.1) is 0 Å². The molecular formula is C38H58F2O6Se. The third-order valence-corrected chi connectivity index (χ3v) is 11.9. The number of unbranched alkanes of at least 4 members (excludes halogenated alkanes) is 7. The second kappa shape index (κ2) is 21.3. The molecule has 6 nitrogen and oxygen atoms in total. The van der Waals surface area contributed by atoms with Crippen molar-refractivity contribution in [2.24, 2.45) is 11.8 Å². The van der Waals surface area contributed by atoms with Crippen LogP contribution in [0.15, 0.2) is 54.8 Å².